The molecule has 1 aromatic rings. The third-order valence-corrected chi connectivity index (χ3v) is 2.82. The molecule has 0 radical (unpaired) electrons. The summed E-state index contributed by atoms with van der Waals surface area (Å²) in [5, 5.41) is 0. The van der Waals surface area contributed by atoms with Crippen molar-refractivity contribution in [3.8, 4) is 5.75 Å². The molecule has 0 fully saturated rings. The zero-order chi connectivity index (χ0) is 14.3. The van der Waals surface area contributed by atoms with Crippen LogP contribution in [0.25, 0.3) is 0 Å². The molecule has 6 heteroatoms. The Morgan fingerprint density at radius 2 is 2.05 bits per heavy atom. The lowest BCUT2D eigenvalue weighted by molar-refractivity contribution is -0.144. The van der Waals surface area contributed by atoms with Crippen molar-refractivity contribution in [2.75, 3.05) is 13.2 Å². The molecule has 0 bridgehead atoms. The zero-order valence-electron chi connectivity index (χ0n) is 10.4. The van der Waals surface area contributed by atoms with Crippen molar-refractivity contribution in [1.82, 2.24) is 0 Å². The number of hydrogen-bond acceptors (Lipinski definition) is 4. The molecule has 0 aliphatic rings. The molecule has 0 aliphatic carbocycles. The number of ether oxygens (including phenoxy) is 2. The van der Waals surface area contributed by atoms with Gasteiger partial charge in [-0.3, -0.25) is 9.59 Å². The van der Waals surface area contributed by atoms with Gasteiger partial charge in [-0.05, 0) is 41.1 Å². The molecule has 0 unspecified atom stereocenters. The predicted octanol–water partition coefficient (Wildman–Crippen LogP) is 2.88. The van der Waals surface area contributed by atoms with Crippen LogP contribution in [0.1, 0.15) is 19.8 Å². The van der Waals surface area contributed by atoms with Gasteiger partial charge in [0.05, 0.1) is 17.5 Å². The molecule has 0 saturated carbocycles. The Morgan fingerprint density at radius 1 is 1.32 bits per heavy atom. The first-order chi connectivity index (χ1) is 9.02. The van der Waals surface area contributed by atoms with Gasteiger partial charge in [-0.1, -0.05) is 0 Å². The molecule has 0 amide bonds. The number of carbonyl (C=O) groups excluding carboxylic acids is 2. The van der Waals surface area contributed by atoms with Crippen molar-refractivity contribution in [1.29, 1.82) is 0 Å². The lowest BCUT2D eigenvalue weighted by Gasteiger charge is -2.07. The van der Waals surface area contributed by atoms with Gasteiger partial charge < -0.3 is 9.47 Å². The van der Waals surface area contributed by atoms with Gasteiger partial charge in [0.15, 0.2) is 5.78 Å². The normalized spacial score (nSPS) is 10.1. The van der Waals surface area contributed by atoms with Crippen LogP contribution in [0.15, 0.2) is 22.7 Å². The number of Topliss-reactive ketones (excluding diaryl/α,β-unsaturated/α-hetero) is 1. The molecule has 1 rings (SSSR count). The molecule has 0 aliphatic heterocycles. The van der Waals surface area contributed by atoms with Gasteiger partial charge in [-0.2, -0.15) is 0 Å². The number of benzene rings is 1. The molecule has 1 aromatic carbocycles. The van der Waals surface area contributed by atoms with Crippen molar-refractivity contribution < 1.29 is 23.5 Å². The smallest absolute Gasteiger partial charge is 0.306 e. The van der Waals surface area contributed by atoms with E-state index in [9.17, 15) is 14.0 Å². The molecule has 19 heavy (non-hydrogen) atoms. The van der Waals surface area contributed by atoms with Gasteiger partial charge in [0.25, 0.3) is 0 Å². The second kappa shape index (κ2) is 7.89. The maximum Gasteiger partial charge on any atom is 0.306 e. The molecule has 0 heterocycles. The largest absolute Gasteiger partial charge is 0.485 e. The first kappa shape index (κ1) is 15.6. The molecule has 0 atom stereocenters. The van der Waals surface area contributed by atoms with Crippen LogP contribution in [0.4, 0.5) is 4.39 Å². The highest BCUT2D eigenvalue weighted by Crippen LogP contribution is 2.25. The number of hydrogen-bond donors (Lipinski definition) is 0. The van der Waals surface area contributed by atoms with E-state index in [1.54, 1.807) is 6.92 Å². The van der Waals surface area contributed by atoms with Crippen molar-refractivity contribution in [3.63, 3.8) is 0 Å². The maximum atomic E-state index is 12.8. The molecule has 0 N–H and O–H groups in total. The lowest BCUT2D eigenvalue weighted by Crippen LogP contribution is -2.14. The fourth-order valence-corrected chi connectivity index (χ4v) is 1.76. The molecule has 0 saturated heterocycles. The van der Waals surface area contributed by atoms with Crippen molar-refractivity contribution in [3.05, 3.63) is 28.5 Å². The summed E-state index contributed by atoms with van der Waals surface area (Å²) in [4.78, 5) is 22.5. The van der Waals surface area contributed by atoms with E-state index >= 15 is 0 Å². The Bertz CT molecular complexity index is 462. The fourth-order valence-electron chi connectivity index (χ4n) is 1.30. The summed E-state index contributed by atoms with van der Waals surface area (Å²) in [6.45, 7) is 1.84. The summed E-state index contributed by atoms with van der Waals surface area (Å²) in [6.07, 6.45) is 0.109. The van der Waals surface area contributed by atoms with Gasteiger partial charge >= 0.3 is 5.97 Å². The molecular weight excluding hydrogens is 319 g/mol. The Balaban J connectivity index is 2.36. The van der Waals surface area contributed by atoms with Crippen LogP contribution in [0.3, 0.4) is 0 Å². The average Bonchev–Trinajstić information content (AvgIpc) is 2.35. The third-order valence-electron chi connectivity index (χ3n) is 2.20. The fraction of sp³-hybridized carbons (Fsp3) is 0.385. The van der Waals surface area contributed by atoms with Gasteiger partial charge in [0.2, 0.25) is 0 Å². The van der Waals surface area contributed by atoms with Gasteiger partial charge in [-0.25, -0.2) is 4.39 Å². The number of carbonyl (C=O) groups is 2. The molecule has 4 nitrogen and oxygen atoms in total. The highest BCUT2D eigenvalue weighted by molar-refractivity contribution is 9.10. The van der Waals surface area contributed by atoms with E-state index in [1.807, 2.05) is 0 Å². The van der Waals surface area contributed by atoms with Crippen LogP contribution in [-0.4, -0.2) is 25.0 Å². The number of ketones is 1. The minimum atomic E-state index is -0.404. The molecule has 0 spiro atoms. The predicted molar refractivity (Wildman–Crippen MR) is 70.5 cm³/mol. The Kier molecular flexibility index (Phi) is 6.49. The van der Waals surface area contributed by atoms with E-state index in [2.05, 4.69) is 15.9 Å². The van der Waals surface area contributed by atoms with Gasteiger partial charge in [0, 0.05) is 6.42 Å². The van der Waals surface area contributed by atoms with E-state index in [0.717, 1.165) is 0 Å². The van der Waals surface area contributed by atoms with Crippen LogP contribution in [0.5, 0.6) is 5.75 Å². The summed E-state index contributed by atoms with van der Waals surface area (Å²) in [6, 6.07) is 3.92. The third kappa shape index (κ3) is 5.83. The Labute approximate surface area is 119 Å². The van der Waals surface area contributed by atoms with Crippen molar-refractivity contribution >= 4 is 27.7 Å². The number of halogens is 2. The van der Waals surface area contributed by atoms with E-state index in [0.29, 0.717) is 16.8 Å². The first-order valence-electron chi connectivity index (χ1n) is 5.78. The van der Waals surface area contributed by atoms with Crippen LogP contribution < -0.4 is 4.74 Å². The summed E-state index contributed by atoms with van der Waals surface area (Å²) in [5.74, 6) is -0.637. The monoisotopic (exact) mass is 332 g/mol. The first-order valence-corrected chi connectivity index (χ1v) is 6.57. The van der Waals surface area contributed by atoms with Gasteiger partial charge in [-0.15, -0.1) is 0 Å². The minimum absolute atomic E-state index is 0.0423. The second-order valence-electron chi connectivity index (χ2n) is 3.71. The van der Waals surface area contributed by atoms with Crippen molar-refractivity contribution in [2.45, 2.75) is 19.8 Å². The van der Waals surface area contributed by atoms with Crippen LogP contribution in [0, 0.1) is 5.82 Å². The van der Waals surface area contributed by atoms with E-state index < -0.39 is 11.8 Å². The summed E-state index contributed by atoms with van der Waals surface area (Å²) in [5.41, 5.74) is 0. The van der Waals surface area contributed by atoms with Crippen LogP contribution in [0.2, 0.25) is 0 Å². The second-order valence-corrected chi connectivity index (χ2v) is 4.56. The number of esters is 1. The van der Waals surface area contributed by atoms with E-state index in [-0.39, 0.29) is 25.2 Å². The summed E-state index contributed by atoms with van der Waals surface area (Å²) >= 11 is 3.13. The zero-order valence-corrected chi connectivity index (χ0v) is 12.0. The minimum Gasteiger partial charge on any atom is -0.485 e. The quantitative estimate of drug-likeness (QED) is 0.720. The standard InChI is InChI=1S/C13H14BrFO4/c1-2-18-13(17)6-4-10(16)8-19-12-5-3-9(15)7-11(12)14/h3,5,7H,2,4,6,8H2,1H3. The lowest BCUT2D eigenvalue weighted by atomic mass is 10.2. The summed E-state index contributed by atoms with van der Waals surface area (Å²) < 4.78 is 23.2. The van der Waals surface area contributed by atoms with Crippen molar-refractivity contribution in [2.24, 2.45) is 0 Å². The average molecular weight is 333 g/mol. The maximum absolute atomic E-state index is 12.8. The SMILES string of the molecule is CCOC(=O)CCC(=O)COc1ccc(F)cc1Br. The van der Waals surface area contributed by atoms with E-state index in [1.165, 1.54) is 18.2 Å². The van der Waals surface area contributed by atoms with Crippen LogP contribution >= 0.6 is 15.9 Å². The molecular formula is C13H14BrFO4. The molecule has 104 valence electrons. The Morgan fingerprint density at radius 3 is 2.68 bits per heavy atom. The topological polar surface area (TPSA) is 52.6 Å². The number of rotatable bonds is 7. The van der Waals surface area contributed by atoms with E-state index in [4.69, 9.17) is 9.47 Å². The summed E-state index contributed by atoms with van der Waals surface area (Å²) in [7, 11) is 0. The highest BCUT2D eigenvalue weighted by Gasteiger charge is 2.09. The Hall–Kier alpha value is -1.43. The van der Waals surface area contributed by atoms with Gasteiger partial charge in [0.1, 0.15) is 18.2 Å². The van der Waals surface area contributed by atoms with Crippen LogP contribution in [-0.2, 0) is 14.3 Å². The highest BCUT2D eigenvalue weighted by atomic mass is 79.9. The molecule has 0 aromatic heterocycles.